The van der Waals surface area contributed by atoms with Crippen molar-refractivity contribution in [2.24, 2.45) is 5.92 Å². The van der Waals surface area contributed by atoms with E-state index in [-0.39, 0.29) is 17.7 Å². The standard InChI is InChI=1S/C16H19Cl2NO2/c1-21-11-4-6-19(7-5-11)16(20)14-9-13(14)12-3-2-10(17)8-15(12)18/h2-3,8,11,13-14H,4-7,9H2,1H3/t13-,14-/m1/s1. The maximum atomic E-state index is 12.5. The number of carbonyl (C=O) groups is 1. The van der Waals surface area contributed by atoms with Gasteiger partial charge in [-0.05, 0) is 42.9 Å². The molecule has 1 aliphatic carbocycles. The first-order chi connectivity index (χ1) is 10.1. The lowest BCUT2D eigenvalue weighted by Crippen LogP contribution is -2.41. The monoisotopic (exact) mass is 327 g/mol. The third-order valence-electron chi connectivity index (χ3n) is 4.56. The molecule has 21 heavy (non-hydrogen) atoms. The van der Waals surface area contributed by atoms with Crippen LogP contribution in [0.15, 0.2) is 18.2 Å². The molecule has 0 radical (unpaired) electrons. The van der Waals surface area contributed by atoms with E-state index in [2.05, 4.69) is 0 Å². The Bertz CT molecular complexity index is 541. The minimum Gasteiger partial charge on any atom is -0.381 e. The van der Waals surface area contributed by atoms with Crippen LogP contribution in [0.4, 0.5) is 0 Å². The second-order valence-electron chi connectivity index (χ2n) is 5.87. The summed E-state index contributed by atoms with van der Waals surface area (Å²) >= 11 is 12.2. The molecule has 0 unspecified atom stereocenters. The number of piperidine rings is 1. The van der Waals surface area contributed by atoms with Crippen LogP contribution < -0.4 is 0 Å². The van der Waals surface area contributed by atoms with Crippen LogP contribution in [0.25, 0.3) is 0 Å². The van der Waals surface area contributed by atoms with Gasteiger partial charge in [-0.2, -0.15) is 0 Å². The minimum atomic E-state index is 0.0859. The van der Waals surface area contributed by atoms with Crippen LogP contribution in [0.2, 0.25) is 10.0 Å². The molecule has 1 aliphatic heterocycles. The number of halogens is 2. The molecule has 0 spiro atoms. The maximum Gasteiger partial charge on any atom is 0.226 e. The summed E-state index contributed by atoms with van der Waals surface area (Å²) in [5, 5.41) is 1.30. The Morgan fingerprint density at radius 2 is 2.00 bits per heavy atom. The van der Waals surface area contributed by atoms with E-state index in [1.54, 1.807) is 13.2 Å². The van der Waals surface area contributed by atoms with Crippen molar-refractivity contribution in [1.82, 2.24) is 4.90 Å². The van der Waals surface area contributed by atoms with E-state index in [4.69, 9.17) is 27.9 Å². The Morgan fingerprint density at radius 3 is 2.62 bits per heavy atom. The highest BCUT2D eigenvalue weighted by Crippen LogP contribution is 2.51. The zero-order valence-electron chi connectivity index (χ0n) is 12.0. The minimum absolute atomic E-state index is 0.0859. The fourth-order valence-electron chi connectivity index (χ4n) is 3.16. The van der Waals surface area contributed by atoms with Gasteiger partial charge in [-0.25, -0.2) is 0 Å². The molecule has 5 heteroatoms. The maximum absolute atomic E-state index is 12.5. The van der Waals surface area contributed by atoms with Gasteiger partial charge in [0.05, 0.1) is 6.10 Å². The van der Waals surface area contributed by atoms with Gasteiger partial charge in [-0.1, -0.05) is 29.3 Å². The number of carbonyl (C=O) groups excluding carboxylic acids is 1. The summed E-state index contributed by atoms with van der Waals surface area (Å²) in [5.41, 5.74) is 1.05. The second kappa shape index (κ2) is 6.15. The molecule has 1 aromatic rings. The average Bonchev–Trinajstić information content (AvgIpc) is 3.27. The number of rotatable bonds is 3. The average molecular weight is 328 g/mol. The molecule has 1 saturated heterocycles. The molecule has 2 aliphatic rings. The second-order valence-corrected chi connectivity index (χ2v) is 6.72. The van der Waals surface area contributed by atoms with Crippen molar-refractivity contribution in [3.63, 3.8) is 0 Å². The van der Waals surface area contributed by atoms with E-state index in [0.717, 1.165) is 37.9 Å². The van der Waals surface area contributed by atoms with Crippen LogP contribution in [-0.4, -0.2) is 37.1 Å². The summed E-state index contributed by atoms with van der Waals surface area (Å²) < 4.78 is 5.34. The zero-order valence-corrected chi connectivity index (χ0v) is 13.5. The van der Waals surface area contributed by atoms with Crippen molar-refractivity contribution < 1.29 is 9.53 Å². The van der Waals surface area contributed by atoms with E-state index in [9.17, 15) is 4.79 Å². The number of hydrogen-bond acceptors (Lipinski definition) is 2. The van der Waals surface area contributed by atoms with Crippen molar-refractivity contribution in [3.8, 4) is 0 Å². The number of amides is 1. The summed E-state index contributed by atoms with van der Waals surface area (Å²) in [6.45, 7) is 1.60. The van der Waals surface area contributed by atoms with Crippen molar-refractivity contribution in [3.05, 3.63) is 33.8 Å². The van der Waals surface area contributed by atoms with E-state index in [1.807, 2.05) is 17.0 Å². The molecular formula is C16H19Cl2NO2. The third-order valence-corrected chi connectivity index (χ3v) is 5.12. The van der Waals surface area contributed by atoms with E-state index in [0.29, 0.717) is 16.1 Å². The first-order valence-electron chi connectivity index (χ1n) is 7.36. The van der Waals surface area contributed by atoms with Gasteiger partial charge in [0.25, 0.3) is 0 Å². The van der Waals surface area contributed by atoms with Crippen LogP contribution >= 0.6 is 23.2 Å². The molecule has 3 nitrogen and oxygen atoms in total. The molecule has 2 fully saturated rings. The Balaban J connectivity index is 1.61. The van der Waals surface area contributed by atoms with E-state index >= 15 is 0 Å². The first kappa shape index (κ1) is 15.1. The van der Waals surface area contributed by atoms with E-state index < -0.39 is 0 Å². The normalized spacial score (nSPS) is 26.0. The van der Waals surface area contributed by atoms with Crippen molar-refractivity contribution in [2.45, 2.75) is 31.3 Å². The van der Waals surface area contributed by atoms with Crippen molar-refractivity contribution in [1.29, 1.82) is 0 Å². The first-order valence-corrected chi connectivity index (χ1v) is 8.12. The molecule has 0 N–H and O–H groups in total. The Morgan fingerprint density at radius 1 is 1.29 bits per heavy atom. The van der Waals surface area contributed by atoms with Crippen LogP contribution in [0.5, 0.6) is 0 Å². The summed E-state index contributed by atoms with van der Waals surface area (Å²) in [6, 6.07) is 5.54. The van der Waals surface area contributed by atoms with Crippen LogP contribution in [0.3, 0.4) is 0 Å². The van der Waals surface area contributed by atoms with Gasteiger partial charge in [-0.3, -0.25) is 4.79 Å². The molecule has 1 amide bonds. The summed E-state index contributed by atoms with van der Waals surface area (Å²) in [6.07, 6.45) is 3.06. The van der Waals surface area contributed by atoms with E-state index in [1.165, 1.54) is 0 Å². The molecule has 2 atom stereocenters. The lowest BCUT2D eigenvalue weighted by atomic mass is 10.1. The Hall–Kier alpha value is -0.770. The number of nitrogens with zero attached hydrogens (tertiary/aromatic N) is 1. The largest absolute Gasteiger partial charge is 0.381 e. The smallest absolute Gasteiger partial charge is 0.226 e. The molecule has 0 bridgehead atoms. The van der Waals surface area contributed by atoms with Crippen molar-refractivity contribution in [2.75, 3.05) is 20.2 Å². The SMILES string of the molecule is COC1CCN(C(=O)[C@@H]2C[C@@H]2c2ccc(Cl)cc2Cl)CC1. The van der Waals surface area contributed by atoms with Gasteiger partial charge in [0.15, 0.2) is 0 Å². The molecule has 1 saturated carbocycles. The highest BCUT2D eigenvalue weighted by molar-refractivity contribution is 6.35. The highest BCUT2D eigenvalue weighted by atomic mass is 35.5. The topological polar surface area (TPSA) is 29.5 Å². The molecular weight excluding hydrogens is 309 g/mol. The molecule has 3 rings (SSSR count). The zero-order chi connectivity index (χ0) is 15.0. The van der Waals surface area contributed by atoms with Gasteiger partial charge in [-0.15, -0.1) is 0 Å². The number of methoxy groups -OCH3 is 1. The van der Waals surface area contributed by atoms with Gasteiger partial charge in [0.2, 0.25) is 5.91 Å². The summed E-state index contributed by atoms with van der Waals surface area (Å²) in [5.74, 6) is 0.603. The number of hydrogen-bond donors (Lipinski definition) is 0. The van der Waals surface area contributed by atoms with Gasteiger partial charge in [0, 0.05) is 36.2 Å². The highest BCUT2D eigenvalue weighted by Gasteiger charge is 2.46. The predicted octanol–water partition coefficient (Wildman–Crippen LogP) is 3.73. The summed E-state index contributed by atoms with van der Waals surface area (Å²) in [4.78, 5) is 14.5. The molecule has 1 heterocycles. The number of ether oxygens (including phenoxy) is 1. The fourth-order valence-corrected chi connectivity index (χ4v) is 3.71. The van der Waals surface area contributed by atoms with Crippen LogP contribution in [-0.2, 0) is 9.53 Å². The summed E-state index contributed by atoms with van der Waals surface area (Å²) in [7, 11) is 1.74. The van der Waals surface area contributed by atoms with Gasteiger partial charge in [0.1, 0.15) is 0 Å². The molecule has 114 valence electrons. The lowest BCUT2D eigenvalue weighted by Gasteiger charge is -2.31. The van der Waals surface area contributed by atoms with Crippen LogP contribution in [0.1, 0.15) is 30.7 Å². The predicted molar refractivity (Wildman–Crippen MR) is 83.9 cm³/mol. The quantitative estimate of drug-likeness (QED) is 0.846. The number of benzene rings is 1. The Labute approximate surface area is 135 Å². The molecule has 1 aromatic carbocycles. The number of likely N-dealkylation sites (tertiary alicyclic amines) is 1. The Kier molecular flexibility index (Phi) is 4.43. The lowest BCUT2D eigenvalue weighted by molar-refractivity contribution is -0.135. The van der Waals surface area contributed by atoms with Gasteiger partial charge >= 0.3 is 0 Å². The fraction of sp³-hybridized carbons (Fsp3) is 0.562. The van der Waals surface area contributed by atoms with Gasteiger partial charge < -0.3 is 9.64 Å². The van der Waals surface area contributed by atoms with Crippen LogP contribution in [0, 0.1) is 5.92 Å². The third kappa shape index (κ3) is 3.20. The molecule has 0 aromatic heterocycles. The van der Waals surface area contributed by atoms with Crippen molar-refractivity contribution >= 4 is 29.1 Å².